The molecule has 7 heteroatoms. The fraction of sp³-hybridized carbons (Fsp3) is 0.316. The van der Waals surface area contributed by atoms with E-state index in [0.717, 1.165) is 10.4 Å². The third kappa shape index (κ3) is 6.31. The van der Waals surface area contributed by atoms with Crippen LogP contribution in [0.2, 0.25) is 0 Å². The van der Waals surface area contributed by atoms with Gasteiger partial charge in [0.05, 0.1) is 12.6 Å². The Morgan fingerprint density at radius 3 is 2.54 bits per heavy atom. The van der Waals surface area contributed by atoms with Crippen LogP contribution in [0.15, 0.2) is 51.8 Å². The van der Waals surface area contributed by atoms with E-state index in [1.165, 1.54) is 16.2 Å². The number of hydrogen-bond donors (Lipinski definition) is 2. The van der Waals surface area contributed by atoms with Crippen molar-refractivity contribution in [1.29, 1.82) is 0 Å². The van der Waals surface area contributed by atoms with Crippen LogP contribution in [0.5, 0.6) is 0 Å². The molecule has 2 N–H and O–H groups in total. The van der Waals surface area contributed by atoms with E-state index in [9.17, 15) is 9.59 Å². The van der Waals surface area contributed by atoms with Crippen LogP contribution in [0.3, 0.4) is 0 Å². The summed E-state index contributed by atoms with van der Waals surface area (Å²) in [6.07, 6.45) is 3.88. The van der Waals surface area contributed by atoms with E-state index >= 15 is 0 Å². The summed E-state index contributed by atoms with van der Waals surface area (Å²) in [4.78, 5) is 26.7. The van der Waals surface area contributed by atoms with Crippen LogP contribution < -0.4 is 10.7 Å². The number of benzene rings is 1. The molecule has 1 aromatic carbocycles. The van der Waals surface area contributed by atoms with Crippen molar-refractivity contribution in [3.63, 3.8) is 0 Å². The molecule has 2 rings (SSSR count). The summed E-state index contributed by atoms with van der Waals surface area (Å²) in [5, 5.41) is 8.73. The summed E-state index contributed by atoms with van der Waals surface area (Å²) in [6, 6.07) is 11.0. The normalized spacial score (nSPS) is 12.3. The lowest BCUT2D eigenvalue weighted by Crippen LogP contribution is -2.49. The molecule has 0 saturated carbocycles. The third-order valence-electron chi connectivity index (χ3n) is 3.68. The van der Waals surface area contributed by atoms with Crippen LogP contribution >= 0.6 is 23.1 Å². The van der Waals surface area contributed by atoms with E-state index in [0.29, 0.717) is 0 Å². The second-order valence-corrected chi connectivity index (χ2v) is 7.96. The van der Waals surface area contributed by atoms with Gasteiger partial charge in [0.25, 0.3) is 5.91 Å². The first-order valence-electron chi connectivity index (χ1n) is 8.28. The maximum Gasteiger partial charge on any atom is 0.262 e. The van der Waals surface area contributed by atoms with Crippen LogP contribution in [0, 0.1) is 5.92 Å². The first-order valence-corrected chi connectivity index (χ1v) is 10.4. The van der Waals surface area contributed by atoms with Gasteiger partial charge in [-0.05, 0) is 41.3 Å². The number of carbonyl (C=O) groups excluding carboxylic acids is 2. The molecule has 0 aliphatic rings. The molecule has 0 unspecified atom stereocenters. The lowest BCUT2D eigenvalue weighted by molar-refractivity contribution is -0.129. The average Bonchev–Trinajstić information content (AvgIpc) is 3.12. The molecule has 138 valence electrons. The largest absolute Gasteiger partial charge is 0.344 e. The van der Waals surface area contributed by atoms with Gasteiger partial charge in [0.2, 0.25) is 5.91 Å². The first-order chi connectivity index (χ1) is 12.5. The summed E-state index contributed by atoms with van der Waals surface area (Å²) in [6.45, 7) is 3.78. The molecule has 5 nitrogen and oxygen atoms in total. The van der Waals surface area contributed by atoms with Crippen LogP contribution in [0.1, 0.15) is 24.3 Å². The minimum Gasteiger partial charge on any atom is -0.344 e. The highest BCUT2D eigenvalue weighted by Crippen LogP contribution is 2.14. The van der Waals surface area contributed by atoms with Gasteiger partial charge in [-0.25, -0.2) is 5.43 Å². The Morgan fingerprint density at radius 2 is 1.96 bits per heavy atom. The van der Waals surface area contributed by atoms with Crippen molar-refractivity contribution in [2.45, 2.75) is 31.2 Å². The fourth-order valence-electron chi connectivity index (χ4n) is 2.26. The molecule has 0 aliphatic carbocycles. The van der Waals surface area contributed by atoms with Crippen molar-refractivity contribution in [2.75, 3.05) is 6.26 Å². The second-order valence-electron chi connectivity index (χ2n) is 6.05. The van der Waals surface area contributed by atoms with Gasteiger partial charge in [0.15, 0.2) is 0 Å². The molecule has 1 atom stereocenters. The zero-order valence-corrected chi connectivity index (χ0v) is 16.7. The predicted octanol–water partition coefficient (Wildman–Crippen LogP) is 3.30. The van der Waals surface area contributed by atoms with Crippen molar-refractivity contribution in [2.24, 2.45) is 11.0 Å². The Labute approximate surface area is 162 Å². The van der Waals surface area contributed by atoms with E-state index in [4.69, 9.17) is 0 Å². The molecule has 26 heavy (non-hydrogen) atoms. The molecule has 0 radical (unpaired) electrons. The Kier molecular flexibility index (Phi) is 7.87. The van der Waals surface area contributed by atoms with Crippen molar-refractivity contribution in [1.82, 2.24) is 10.7 Å². The molecule has 0 spiro atoms. The van der Waals surface area contributed by atoms with Crippen molar-refractivity contribution in [3.8, 4) is 0 Å². The highest BCUT2D eigenvalue weighted by Gasteiger charge is 2.24. The van der Waals surface area contributed by atoms with E-state index in [1.807, 2.05) is 61.9 Å². The Balaban J connectivity index is 1.90. The lowest BCUT2D eigenvalue weighted by Gasteiger charge is -2.20. The number of hydrazone groups is 1. The summed E-state index contributed by atoms with van der Waals surface area (Å²) in [5.74, 6) is -0.534. The summed E-state index contributed by atoms with van der Waals surface area (Å²) in [5.41, 5.74) is 3.41. The lowest BCUT2D eigenvalue weighted by atomic mass is 10.0. The molecule has 0 saturated heterocycles. The highest BCUT2D eigenvalue weighted by molar-refractivity contribution is 7.98. The van der Waals surface area contributed by atoms with Crippen molar-refractivity contribution >= 4 is 41.1 Å². The maximum absolute atomic E-state index is 12.4. The predicted molar refractivity (Wildman–Crippen MR) is 109 cm³/mol. The zero-order chi connectivity index (χ0) is 18.9. The van der Waals surface area contributed by atoms with Crippen LogP contribution in [0.25, 0.3) is 0 Å². The Hall–Kier alpha value is -2.12. The molecular formula is C19H23N3O2S2. The first kappa shape index (κ1) is 20.2. The average molecular weight is 390 g/mol. The summed E-state index contributed by atoms with van der Waals surface area (Å²) in [7, 11) is 0. The fourth-order valence-corrected chi connectivity index (χ4v) is 3.37. The molecule has 0 fully saturated rings. The van der Waals surface area contributed by atoms with E-state index in [2.05, 4.69) is 15.8 Å². The quantitative estimate of drug-likeness (QED) is 0.413. The minimum absolute atomic E-state index is 0.0432. The van der Waals surface area contributed by atoms with Gasteiger partial charge in [-0.15, -0.1) is 23.1 Å². The van der Waals surface area contributed by atoms with Gasteiger partial charge in [-0.1, -0.05) is 32.0 Å². The van der Waals surface area contributed by atoms with E-state index < -0.39 is 6.04 Å². The van der Waals surface area contributed by atoms with Gasteiger partial charge in [-0.3, -0.25) is 9.59 Å². The number of thiophene rings is 1. The molecular weight excluding hydrogens is 366 g/mol. The van der Waals surface area contributed by atoms with Gasteiger partial charge in [0.1, 0.15) is 6.04 Å². The summed E-state index contributed by atoms with van der Waals surface area (Å²) >= 11 is 3.19. The molecule has 1 heterocycles. The Morgan fingerprint density at radius 1 is 1.23 bits per heavy atom. The molecule has 2 amide bonds. The van der Waals surface area contributed by atoms with E-state index in [1.54, 1.807) is 18.0 Å². The monoisotopic (exact) mass is 389 g/mol. The smallest absolute Gasteiger partial charge is 0.262 e. The Bertz CT molecular complexity index is 741. The van der Waals surface area contributed by atoms with Crippen molar-refractivity contribution < 1.29 is 9.59 Å². The molecule has 0 bridgehead atoms. The number of thioether (sulfide) groups is 1. The number of hydrogen-bond acceptors (Lipinski definition) is 5. The van der Waals surface area contributed by atoms with E-state index in [-0.39, 0.29) is 24.2 Å². The van der Waals surface area contributed by atoms with Crippen LogP contribution in [0.4, 0.5) is 0 Å². The van der Waals surface area contributed by atoms with Gasteiger partial charge in [0, 0.05) is 9.77 Å². The molecule has 0 aliphatic heterocycles. The van der Waals surface area contributed by atoms with Gasteiger partial charge >= 0.3 is 0 Å². The van der Waals surface area contributed by atoms with Crippen LogP contribution in [-0.4, -0.2) is 30.3 Å². The van der Waals surface area contributed by atoms with Crippen molar-refractivity contribution in [3.05, 3.63) is 52.2 Å². The topological polar surface area (TPSA) is 70.6 Å². The molecule has 2 aromatic rings. The highest BCUT2D eigenvalue weighted by atomic mass is 32.2. The zero-order valence-electron chi connectivity index (χ0n) is 15.1. The number of carbonyl (C=O) groups is 2. The van der Waals surface area contributed by atoms with Gasteiger partial charge < -0.3 is 5.32 Å². The third-order valence-corrected chi connectivity index (χ3v) is 5.30. The minimum atomic E-state index is -0.626. The second kappa shape index (κ2) is 10.1. The summed E-state index contributed by atoms with van der Waals surface area (Å²) < 4.78 is 0. The standard InChI is InChI=1S/C19H23N3O2S2/c1-13(2)18(21-17(23)11-16-5-4-10-26-16)19(24)22-20-12-14-6-8-15(25-3)9-7-14/h4-10,12-13,18H,11H2,1-3H3,(H,21,23)(H,22,24)/b20-12+/t18-/m0/s1. The number of rotatable bonds is 8. The van der Waals surface area contributed by atoms with Gasteiger partial charge in [-0.2, -0.15) is 5.10 Å². The maximum atomic E-state index is 12.4. The number of nitrogens with zero attached hydrogens (tertiary/aromatic N) is 1. The number of nitrogens with one attached hydrogen (secondary N) is 2. The number of amides is 2. The van der Waals surface area contributed by atoms with Crippen LogP contribution in [-0.2, 0) is 16.0 Å². The molecule has 1 aromatic heterocycles. The SMILES string of the molecule is CSc1ccc(/C=N/NC(=O)[C@@H](NC(=O)Cc2cccs2)C(C)C)cc1.